The standard InChI is InChI=1S/C25H21Cl2N5O/c1-32-23(15-14-20-21(26)8-5-9-22(20)27)30-31-24(32)18-10-12-19(13-11-18)29-25(33)28-16-17-6-3-2-4-7-17/h2-15H,16H2,1H3,(H2,28,29,33)/b15-14+. The first-order valence-electron chi connectivity index (χ1n) is 10.2. The summed E-state index contributed by atoms with van der Waals surface area (Å²) in [6, 6.07) is 22.3. The summed E-state index contributed by atoms with van der Waals surface area (Å²) in [4.78, 5) is 12.2. The highest BCUT2D eigenvalue weighted by molar-refractivity contribution is 6.37. The Morgan fingerprint density at radius 2 is 1.61 bits per heavy atom. The first-order valence-corrected chi connectivity index (χ1v) is 11.0. The zero-order valence-electron chi connectivity index (χ0n) is 17.8. The molecule has 4 aromatic rings. The van der Waals surface area contributed by atoms with Gasteiger partial charge in [0, 0.05) is 40.5 Å². The summed E-state index contributed by atoms with van der Waals surface area (Å²) in [6.07, 6.45) is 3.64. The van der Waals surface area contributed by atoms with Crippen LogP contribution in [0.25, 0.3) is 23.5 Å². The molecule has 3 aromatic carbocycles. The number of urea groups is 1. The van der Waals surface area contributed by atoms with Crippen LogP contribution in [0.2, 0.25) is 10.0 Å². The van der Waals surface area contributed by atoms with Crippen LogP contribution in [0.15, 0.2) is 72.8 Å². The highest BCUT2D eigenvalue weighted by Crippen LogP contribution is 2.27. The lowest BCUT2D eigenvalue weighted by Gasteiger charge is -2.08. The molecule has 2 amide bonds. The molecule has 4 rings (SSSR count). The molecule has 2 N–H and O–H groups in total. The van der Waals surface area contributed by atoms with Crippen molar-refractivity contribution in [2.45, 2.75) is 6.54 Å². The number of carbonyl (C=O) groups excluding carboxylic acids is 1. The molecule has 0 unspecified atom stereocenters. The normalized spacial score (nSPS) is 11.0. The Balaban J connectivity index is 1.41. The van der Waals surface area contributed by atoms with Gasteiger partial charge in [-0.1, -0.05) is 59.6 Å². The Kier molecular flexibility index (Phi) is 7.07. The number of hydrogen-bond acceptors (Lipinski definition) is 3. The smallest absolute Gasteiger partial charge is 0.319 e. The van der Waals surface area contributed by atoms with E-state index in [-0.39, 0.29) is 6.03 Å². The third-order valence-electron chi connectivity index (χ3n) is 5.00. The SMILES string of the molecule is Cn1c(/C=C/c2c(Cl)cccc2Cl)nnc1-c1ccc(NC(=O)NCc2ccccc2)cc1. The van der Waals surface area contributed by atoms with Crippen LogP contribution in [0, 0.1) is 0 Å². The molecule has 0 fully saturated rings. The van der Waals surface area contributed by atoms with Gasteiger partial charge in [-0.2, -0.15) is 0 Å². The third kappa shape index (κ3) is 5.61. The summed E-state index contributed by atoms with van der Waals surface area (Å²) in [5.74, 6) is 1.35. The van der Waals surface area contributed by atoms with Crippen molar-refractivity contribution in [2.75, 3.05) is 5.32 Å². The quantitative estimate of drug-likeness (QED) is 0.343. The molecule has 8 heteroatoms. The van der Waals surface area contributed by atoms with Crippen molar-refractivity contribution in [1.29, 1.82) is 0 Å². The minimum Gasteiger partial charge on any atom is -0.334 e. The van der Waals surface area contributed by atoms with E-state index in [9.17, 15) is 4.79 Å². The summed E-state index contributed by atoms with van der Waals surface area (Å²) in [5, 5.41) is 15.3. The molecule has 0 saturated heterocycles. The molecule has 33 heavy (non-hydrogen) atoms. The zero-order valence-corrected chi connectivity index (χ0v) is 19.3. The molecule has 0 aliphatic heterocycles. The minimum atomic E-state index is -0.268. The van der Waals surface area contributed by atoms with Gasteiger partial charge in [0.25, 0.3) is 0 Å². The molecular formula is C25H21Cl2N5O. The van der Waals surface area contributed by atoms with Gasteiger partial charge >= 0.3 is 6.03 Å². The van der Waals surface area contributed by atoms with Crippen molar-refractivity contribution < 1.29 is 4.79 Å². The first-order chi connectivity index (χ1) is 16.0. The second-order valence-corrected chi connectivity index (χ2v) is 8.09. The maximum Gasteiger partial charge on any atom is 0.319 e. The summed E-state index contributed by atoms with van der Waals surface area (Å²) in [6.45, 7) is 0.458. The van der Waals surface area contributed by atoms with Gasteiger partial charge in [-0.05, 0) is 54.1 Å². The van der Waals surface area contributed by atoms with Gasteiger partial charge < -0.3 is 15.2 Å². The molecule has 166 valence electrons. The van der Waals surface area contributed by atoms with Crippen molar-refractivity contribution in [2.24, 2.45) is 7.05 Å². The fourth-order valence-electron chi connectivity index (χ4n) is 3.22. The topological polar surface area (TPSA) is 71.8 Å². The monoisotopic (exact) mass is 477 g/mol. The van der Waals surface area contributed by atoms with E-state index in [1.165, 1.54) is 0 Å². The predicted molar refractivity (Wildman–Crippen MR) is 134 cm³/mol. The molecule has 0 aliphatic carbocycles. The lowest BCUT2D eigenvalue weighted by molar-refractivity contribution is 0.251. The van der Waals surface area contributed by atoms with Gasteiger partial charge in [0.05, 0.1) is 0 Å². The van der Waals surface area contributed by atoms with Crippen LogP contribution >= 0.6 is 23.2 Å². The molecule has 6 nitrogen and oxygen atoms in total. The van der Waals surface area contributed by atoms with E-state index in [1.807, 2.05) is 78.4 Å². The van der Waals surface area contributed by atoms with E-state index in [2.05, 4.69) is 20.8 Å². The number of aromatic nitrogens is 3. The maximum atomic E-state index is 12.2. The lowest BCUT2D eigenvalue weighted by Crippen LogP contribution is -2.28. The number of amides is 2. The molecule has 0 aliphatic rings. The van der Waals surface area contributed by atoms with E-state index < -0.39 is 0 Å². The summed E-state index contributed by atoms with van der Waals surface area (Å²) in [5.41, 5.74) is 3.31. The number of nitrogens with one attached hydrogen (secondary N) is 2. The Morgan fingerprint density at radius 3 is 2.30 bits per heavy atom. The van der Waals surface area contributed by atoms with Crippen LogP contribution in [-0.2, 0) is 13.6 Å². The zero-order chi connectivity index (χ0) is 23.2. The number of rotatable bonds is 6. The van der Waals surface area contributed by atoms with Crippen molar-refractivity contribution in [3.05, 3.63) is 99.8 Å². The highest BCUT2D eigenvalue weighted by Gasteiger charge is 2.10. The third-order valence-corrected chi connectivity index (χ3v) is 5.66. The fraction of sp³-hybridized carbons (Fsp3) is 0.0800. The Bertz CT molecular complexity index is 1260. The molecule has 0 bridgehead atoms. The Hall–Kier alpha value is -3.61. The van der Waals surface area contributed by atoms with Crippen LogP contribution in [0.4, 0.5) is 10.5 Å². The van der Waals surface area contributed by atoms with Gasteiger partial charge in [0.15, 0.2) is 11.6 Å². The Morgan fingerprint density at radius 1 is 0.909 bits per heavy atom. The molecule has 0 atom stereocenters. The first kappa shape index (κ1) is 22.6. The molecule has 0 radical (unpaired) electrons. The maximum absolute atomic E-state index is 12.2. The van der Waals surface area contributed by atoms with Gasteiger partial charge in [-0.15, -0.1) is 10.2 Å². The summed E-state index contributed by atoms with van der Waals surface area (Å²) < 4.78 is 1.87. The van der Waals surface area contributed by atoms with Gasteiger partial charge in [0.1, 0.15) is 0 Å². The fourth-order valence-corrected chi connectivity index (χ4v) is 3.75. The highest BCUT2D eigenvalue weighted by atomic mass is 35.5. The van der Waals surface area contributed by atoms with E-state index in [4.69, 9.17) is 23.2 Å². The van der Waals surface area contributed by atoms with Crippen LogP contribution in [0.5, 0.6) is 0 Å². The van der Waals surface area contributed by atoms with E-state index >= 15 is 0 Å². The second kappa shape index (κ2) is 10.3. The van der Waals surface area contributed by atoms with Crippen LogP contribution < -0.4 is 10.6 Å². The van der Waals surface area contributed by atoms with Crippen LogP contribution in [0.3, 0.4) is 0 Å². The van der Waals surface area contributed by atoms with Gasteiger partial charge in [-0.25, -0.2) is 4.79 Å². The number of hydrogen-bond donors (Lipinski definition) is 2. The number of benzene rings is 3. The molecule has 0 saturated carbocycles. The predicted octanol–water partition coefficient (Wildman–Crippen LogP) is 6.28. The number of anilines is 1. The van der Waals surface area contributed by atoms with E-state index in [0.717, 1.165) is 16.7 Å². The second-order valence-electron chi connectivity index (χ2n) is 7.28. The van der Waals surface area contributed by atoms with Crippen molar-refractivity contribution in [3.63, 3.8) is 0 Å². The number of carbonyl (C=O) groups is 1. The van der Waals surface area contributed by atoms with Crippen LogP contribution in [-0.4, -0.2) is 20.8 Å². The van der Waals surface area contributed by atoms with Crippen molar-refractivity contribution in [1.82, 2.24) is 20.1 Å². The number of nitrogens with zero attached hydrogens (tertiary/aromatic N) is 3. The van der Waals surface area contributed by atoms with Gasteiger partial charge in [-0.3, -0.25) is 0 Å². The summed E-state index contributed by atoms with van der Waals surface area (Å²) in [7, 11) is 1.88. The Labute approximate surface area is 201 Å². The van der Waals surface area contributed by atoms with Gasteiger partial charge in [0.2, 0.25) is 0 Å². The largest absolute Gasteiger partial charge is 0.334 e. The van der Waals surface area contributed by atoms with E-state index in [0.29, 0.717) is 33.9 Å². The molecular weight excluding hydrogens is 457 g/mol. The summed E-state index contributed by atoms with van der Waals surface area (Å²) >= 11 is 12.5. The molecule has 0 spiro atoms. The molecule has 1 heterocycles. The average Bonchev–Trinajstić information content (AvgIpc) is 3.19. The van der Waals surface area contributed by atoms with E-state index in [1.54, 1.807) is 18.2 Å². The minimum absolute atomic E-state index is 0.268. The lowest BCUT2D eigenvalue weighted by atomic mass is 10.2. The molecule has 1 aromatic heterocycles. The average molecular weight is 478 g/mol. The van der Waals surface area contributed by atoms with Crippen molar-refractivity contribution >= 4 is 47.1 Å². The number of halogens is 2. The van der Waals surface area contributed by atoms with Crippen LogP contribution in [0.1, 0.15) is 17.0 Å². The van der Waals surface area contributed by atoms with Crippen molar-refractivity contribution in [3.8, 4) is 11.4 Å².